The smallest absolute Gasteiger partial charge is 0.309 e. The van der Waals surface area contributed by atoms with E-state index in [4.69, 9.17) is 0 Å². The van der Waals surface area contributed by atoms with Crippen LogP contribution in [0.4, 0.5) is 0 Å². The molecule has 0 unspecified atom stereocenters. The highest BCUT2D eigenvalue weighted by atomic mass is 16.4. The highest BCUT2D eigenvalue weighted by Gasteiger charge is 2.72. The molecule has 3 N–H and O–H groups in total. The summed E-state index contributed by atoms with van der Waals surface area (Å²) in [5, 5.41) is 30.8. The summed E-state index contributed by atoms with van der Waals surface area (Å²) in [5.41, 5.74) is 1.20. The molecule has 240 valence electrons. The molecule has 5 heteroatoms. The number of ketones is 1. The lowest BCUT2D eigenvalue weighted by Gasteiger charge is -2.72. The SMILES string of the molecule is C=C(C)[C@@H]1CC[C@]2(C(=O)O)CC[C@]3(C)[C@H](CC[C@@H]4[C@@]5(C)CC[C@H](C(=O)C=Cc6cccc(O)c6O)C(C)(C)[C@@H]5CC[C@]43C)[C@@H]12. The number of para-hydroxylation sites is 1. The number of rotatable bonds is 5. The molecule has 0 saturated heterocycles. The van der Waals surface area contributed by atoms with Crippen molar-refractivity contribution in [3.05, 3.63) is 42.0 Å². The second-order valence-corrected chi connectivity index (χ2v) is 17.0. The fourth-order valence-electron chi connectivity index (χ4n) is 13.0. The minimum absolute atomic E-state index is 0.0896. The second-order valence-electron chi connectivity index (χ2n) is 17.0. The molecule has 6 rings (SSSR count). The van der Waals surface area contributed by atoms with Crippen LogP contribution in [0.1, 0.15) is 111 Å². The van der Waals surface area contributed by atoms with E-state index in [1.807, 2.05) is 0 Å². The number of hydrogen-bond acceptors (Lipinski definition) is 4. The first-order chi connectivity index (χ1) is 20.5. The highest BCUT2D eigenvalue weighted by molar-refractivity contribution is 5.96. The van der Waals surface area contributed by atoms with Crippen molar-refractivity contribution in [3.8, 4) is 11.5 Å². The van der Waals surface area contributed by atoms with E-state index in [2.05, 4.69) is 48.1 Å². The number of carbonyl (C=O) groups excluding carboxylic acids is 1. The summed E-state index contributed by atoms with van der Waals surface area (Å²) >= 11 is 0. The van der Waals surface area contributed by atoms with Crippen molar-refractivity contribution in [2.75, 3.05) is 0 Å². The van der Waals surface area contributed by atoms with Crippen LogP contribution >= 0.6 is 0 Å². The third kappa shape index (κ3) is 4.09. The van der Waals surface area contributed by atoms with Gasteiger partial charge in [0.2, 0.25) is 0 Å². The van der Waals surface area contributed by atoms with Crippen molar-refractivity contribution < 1.29 is 24.9 Å². The Hall–Kier alpha value is -2.56. The van der Waals surface area contributed by atoms with Crippen molar-refractivity contribution in [3.63, 3.8) is 0 Å². The molecular formula is C39H54O5. The van der Waals surface area contributed by atoms with Gasteiger partial charge in [0.15, 0.2) is 17.3 Å². The standard InChI is InChI=1S/C39H54O5/c1-23(2)25-15-20-39(34(43)44)22-21-37(6)27(32(25)39)12-14-31-36(5)18-16-26(35(3,4)30(36)17-19-38(31,37)7)28(40)13-11-24-9-8-10-29(41)33(24)42/h8-11,13,25-27,30-32,41-42H,1,12,14-22H2,2-7H3,(H,43,44)/t25-,26+,27+,30-,31+,32+,36-,37+,38+,39-/m0/s1. The summed E-state index contributed by atoms with van der Waals surface area (Å²) in [6.45, 7) is 18.7. The van der Waals surface area contributed by atoms with Crippen LogP contribution in [0.5, 0.6) is 11.5 Å². The maximum atomic E-state index is 13.7. The molecule has 5 saturated carbocycles. The van der Waals surface area contributed by atoms with Gasteiger partial charge in [-0.1, -0.05) is 58.9 Å². The van der Waals surface area contributed by atoms with E-state index in [1.165, 1.54) is 11.6 Å². The van der Waals surface area contributed by atoms with Gasteiger partial charge in [-0.15, -0.1) is 0 Å². The summed E-state index contributed by atoms with van der Waals surface area (Å²) in [4.78, 5) is 26.7. The highest BCUT2D eigenvalue weighted by Crippen LogP contribution is 2.77. The number of benzene rings is 1. The molecule has 0 spiro atoms. The number of carbonyl (C=O) groups is 2. The van der Waals surface area contributed by atoms with Crippen LogP contribution in [0.25, 0.3) is 6.08 Å². The Morgan fingerprint density at radius 3 is 2.27 bits per heavy atom. The lowest BCUT2D eigenvalue weighted by Crippen LogP contribution is -2.66. The monoisotopic (exact) mass is 602 g/mol. The number of hydrogen-bond donors (Lipinski definition) is 3. The van der Waals surface area contributed by atoms with Crippen molar-refractivity contribution in [1.82, 2.24) is 0 Å². The Kier molecular flexibility index (Phi) is 7.30. The van der Waals surface area contributed by atoms with E-state index in [0.717, 1.165) is 64.2 Å². The average molecular weight is 603 g/mol. The molecule has 10 atom stereocenters. The first-order valence-electron chi connectivity index (χ1n) is 17.2. The second kappa shape index (κ2) is 10.2. The van der Waals surface area contributed by atoms with E-state index in [9.17, 15) is 24.9 Å². The Morgan fingerprint density at radius 2 is 1.59 bits per heavy atom. The molecule has 0 amide bonds. The van der Waals surface area contributed by atoms with Gasteiger partial charge in [-0.3, -0.25) is 9.59 Å². The third-order valence-electron chi connectivity index (χ3n) is 15.3. The fourth-order valence-corrected chi connectivity index (χ4v) is 13.0. The van der Waals surface area contributed by atoms with E-state index >= 15 is 0 Å². The molecule has 0 radical (unpaired) electrons. The average Bonchev–Trinajstić information content (AvgIpc) is 3.35. The van der Waals surface area contributed by atoms with Gasteiger partial charge < -0.3 is 15.3 Å². The molecule has 1 aromatic carbocycles. The molecule has 0 aromatic heterocycles. The van der Waals surface area contributed by atoms with Gasteiger partial charge in [0.05, 0.1) is 5.41 Å². The van der Waals surface area contributed by atoms with Gasteiger partial charge in [0.25, 0.3) is 0 Å². The van der Waals surface area contributed by atoms with Crippen LogP contribution in [0.3, 0.4) is 0 Å². The number of phenols is 2. The van der Waals surface area contributed by atoms with E-state index in [1.54, 1.807) is 24.3 Å². The number of allylic oxidation sites excluding steroid dienone is 2. The van der Waals surface area contributed by atoms with Crippen molar-refractivity contribution >= 4 is 17.8 Å². The summed E-state index contributed by atoms with van der Waals surface area (Å²) in [6, 6.07) is 4.81. The van der Waals surface area contributed by atoms with Crippen LogP contribution in [0.15, 0.2) is 36.4 Å². The third-order valence-corrected chi connectivity index (χ3v) is 15.3. The van der Waals surface area contributed by atoms with Crippen molar-refractivity contribution in [1.29, 1.82) is 0 Å². The number of carboxylic acids is 1. The van der Waals surface area contributed by atoms with Crippen LogP contribution in [-0.2, 0) is 9.59 Å². The molecule has 0 bridgehead atoms. The predicted octanol–water partition coefficient (Wildman–Crippen LogP) is 9.04. The topological polar surface area (TPSA) is 94.8 Å². The summed E-state index contributed by atoms with van der Waals surface area (Å²) in [5.74, 6) is 0.926. The molecule has 0 heterocycles. The zero-order valence-electron chi connectivity index (χ0n) is 27.8. The van der Waals surface area contributed by atoms with Gasteiger partial charge in [-0.05, 0) is 141 Å². The zero-order chi connectivity index (χ0) is 32.0. The molecule has 5 aliphatic rings. The summed E-state index contributed by atoms with van der Waals surface area (Å²) in [6.07, 6.45) is 13.1. The quantitative estimate of drug-likeness (QED) is 0.178. The molecule has 5 fully saturated rings. The van der Waals surface area contributed by atoms with Crippen LogP contribution in [-0.4, -0.2) is 27.1 Å². The van der Waals surface area contributed by atoms with Crippen molar-refractivity contribution in [2.24, 2.45) is 62.6 Å². The number of aromatic hydroxyl groups is 2. The van der Waals surface area contributed by atoms with Crippen LogP contribution < -0.4 is 0 Å². The maximum Gasteiger partial charge on any atom is 0.309 e. The minimum atomic E-state index is -0.596. The van der Waals surface area contributed by atoms with E-state index in [-0.39, 0.29) is 50.8 Å². The Morgan fingerprint density at radius 1 is 0.864 bits per heavy atom. The molecular weight excluding hydrogens is 548 g/mol. The molecule has 1 aromatic rings. The van der Waals surface area contributed by atoms with Gasteiger partial charge in [-0.2, -0.15) is 0 Å². The molecule has 44 heavy (non-hydrogen) atoms. The molecule has 5 nitrogen and oxygen atoms in total. The van der Waals surface area contributed by atoms with Crippen LogP contribution in [0, 0.1) is 62.6 Å². The number of fused-ring (bicyclic) bond motifs is 7. The molecule has 5 aliphatic carbocycles. The normalized spacial score (nSPS) is 44.2. The Labute approximate surface area is 264 Å². The lowest BCUT2D eigenvalue weighted by molar-refractivity contribution is -0.242. The van der Waals surface area contributed by atoms with E-state index in [0.29, 0.717) is 29.2 Å². The number of carboxylic acid groups (broad SMARTS) is 1. The fraction of sp³-hybridized carbons (Fsp3) is 0.692. The van der Waals surface area contributed by atoms with Gasteiger partial charge >= 0.3 is 5.97 Å². The van der Waals surface area contributed by atoms with Crippen molar-refractivity contribution in [2.45, 2.75) is 106 Å². The first kappa shape index (κ1) is 31.4. The molecule has 0 aliphatic heterocycles. The van der Waals surface area contributed by atoms with Gasteiger partial charge in [0, 0.05) is 11.5 Å². The Bertz CT molecular complexity index is 1410. The number of phenolic OH excluding ortho intramolecular Hbond substituents is 2. The maximum absolute atomic E-state index is 13.7. The largest absolute Gasteiger partial charge is 0.504 e. The van der Waals surface area contributed by atoms with Crippen LogP contribution in [0.2, 0.25) is 0 Å². The van der Waals surface area contributed by atoms with Gasteiger partial charge in [-0.25, -0.2) is 0 Å². The minimum Gasteiger partial charge on any atom is -0.504 e. The lowest BCUT2D eigenvalue weighted by atomic mass is 9.32. The van der Waals surface area contributed by atoms with Gasteiger partial charge in [0.1, 0.15) is 0 Å². The Balaban J connectivity index is 1.29. The predicted molar refractivity (Wildman–Crippen MR) is 174 cm³/mol. The zero-order valence-corrected chi connectivity index (χ0v) is 27.8. The summed E-state index contributed by atoms with van der Waals surface area (Å²) < 4.78 is 0. The summed E-state index contributed by atoms with van der Waals surface area (Å²) in [7, 11) is 0. The van der Waals surface area contributed by atoms with E-state index < -0.39 is 11.4 Å². The first-order valence-corrected chi connectivity index (χ1v) is 17.2. The number of aliphatic carboxylic acids is 1.